The van der Waals surface area contributed by atoms with Crippen molar-refractivity contribution in [2.24, 2.45) is 5.41 Å². The van der Waals surface area contributed by atoms with Crippen molar-refractivity contribution < 1.29 is 8.42 Å². The Morgan fingerprint density at radius 3 is 2.54 bits per heavy atom. The van der Waals surface area contributed by atoms with Crippen molar-refractivity contribution in [1.29, 1.82) is 0 Å². The van der Waals surface area contributed by atoms with Crippen molar-refractivity contribution in [1.82, 2.24) is 9.03 Å². The lowest BCUT2D eigenvalue weighted by Crippen LogP contribution is -2.38. The van der Waals surface area contributed by atoms with Crippen molar-refractivity contribution in [3.8, 4) is 0 Å². The lowest BCUT2D eigenvalue weighted by molar-refractivity contribution is 0.325. The highest BCUT2D eigenvalue weighted by Gasteiger charge is 2.37. The summed E-state index contributed by atoms with van der Waals surface area (Å²) in [7, 11) is -1.74. The van der Waals surface area contributed by atoms with Crippen LogP contribution in [0.25, 0.3) is 0 Å². The van der Waals surface area contributed by atoms with E-state index in [1.165, 1.54) is 11.4 Å². The molecule has 1 fully saturated rings. The molecule has 0 aromatic carbocycles. The van der Waals surface area contributed by atoms with Gasteiger partial charge in [0.25, 0.3) is 10.2 Å². The first-order valence-electron chi connectivity index (χ1n) is 4.62. The van der Waals surface area contributed by atoms with E-state index < -0.39 is 10.2 Å². The summed E-state index contributed by atoms with van der Waals surface area (Å²) in [4.78, 5) is 0. The molecule has 4 nitrogen and oxygen atoms in total. The summed E-state index contributed by atoms with van der Waals surface area (Å²) >= 11 is 0. The molecule has 1 heterocycles. The fourth-order valence-electron chi connectivity index (χ4n) is 1.60. The highest BCUT2D eigenvalue weighted by atomic mass is 32.2. The van der Waals surface area contributed by atoms with Crippen molar-refractivity contribution in [2.45, 2.75) is 26.7 Å². The van der Waals surface area contributed by atoms with Crippen LogP contribution < -0.4 is 4.72 Å². The molecule has 13 heavy (non-hydrogen) atoms. The number of hydrogen-bond donors (Lipinski definition) is 1. The van der Waals surface area contributed by atoms with Crippen LogP contribution in [0.15, 0.2) is 0 Å². The van der Waals surface area contributed by atoms with Crippen LogP contribution in [0, 0.1) is 5.41 Å². The summed E-state index contributed by atoms with van der Waals surface area (Å²) in [6.45, 7) is 5.54. The second-order valence-electron chi connectivity index (χ2n) is 3.96. The molecule has 78 valence electrons. The van der Waals surface area contributed by atoms with Crippen LogP contribution in [0.1, 0.15) is 26.7 Å². The van der Waals surface area contributed by atoms with Crippen LogP contribution in [0.5, 0.6) is 0 Å². The highest BCUT2D eigenvalue weighted by molar-refractivity contribution is 7.87. The normalized spacial score (nSPS) is 31.0. The van der Waals surface area contributed by atoms with E-state index >= 15 is 0 Å². The number of rotatable bonds is 3. The molecule has 0 saturated carbocycles. The SMILES string of the molecule is CCC1(C)CCN(S(=O)(=O)NC)C1. The number of nitrogens with zero attached hydrogens (tertiary/aromatic N) is 1. The summed E-state index contributed by atoms with van der Waals surface area (Å²) in [6.07, 6.45) is 1.99. The topological polar surface area (TPSA) is 49.4 Å². The molecule has 1 unspecified atom stereocenters. The van der Waals surface area contributed by atoms with E-state index in [0.717, 1.165) is 12.8 Å². The molecule has 1 atom stereocenters. The maximum Gasteiger partial charge on any atom is 0.279 e. The second kappa shape index (κ2) is 3.55. The first kappa shape index (κ1) is 10.9. The minimum Gasteiger partial charge on any atom is -0.205 e. The third-order valence-electron chi connectivity index (χ3n) is 2.97. The van der Waals surface area contributed by atoms with Gasteiger partial charge in [0.05, 0.1) is 0 Å². The van der Waals surface area contributed by atoms with Crippen LogP contribution in [-0.4, -0.2) is 32.9 Å². The second-order valence-corrected chi connectivity index (χ2v) is 5.83. The zero-order chi connectivity index (χ0) is 10.1. The Balaban J connectivity index is 2.71. The maximum atomic E-state index is 11.4. The van der Waals surface area contributed by atoms with Gasteiger partial charge in [-0.3, -0.25) is 0 Å². The van der Waals surface area contributed by atoms with E-state index in [1.807, 2.05) is 0 Å². The van der Waals surface area contributed by atoms with Crippen molar-refractivity contribution >= 4 is 10.2 Å². The Labute approximate surface area is 80.5 Å². The quantitative estimate of drug-likeness (QED) is 0.734. The monoisotopic (exact) mass is 206 g/mol. The zero-order valence-electron chi connectivity index (χ0n) is 8.50. The molecule has 0 aromatic heterocycles. The Morgan fingerprint density at radius 2 is 2.15 bits per heavy atom. The van der Waals surface area contributed by atoms with Gasteiger partial charge in [0.2, 0.25) is 0 Å². The third kappa shape index (κ3) is 2.21. The summed E-state index contributed by atoms with van der Waals surface area (Å²) < 4.78 is 26.7. The molecule has 1 N–H and O–H groups in total. The summed E-state index contributed by atoms with van der Waals surface area (Å²) in [5.74, 6) is 0. The minimum atomic E-state index is -3.20. The molecule has 0 aromatic rings. The Hall–Kier alpha value is -0.130. The molecule has 1 saturated heterocycles. The van der Waals surface area contributed by atoms with Gasteiger partial charge in [-0.05, 0) is 18.3 Å². The highest BCUT2D eigenvalue weighted by Crippen LogP contribution is 2.33. The molecule has 1 aliphatic heterocycles. The van der Waals surface area contributed by atoms with Crippen molar-refractivity contribution in [3.63, 3.8) is 0 Å². The van der Waals surface area contributed by atoms with Crippen LogP contribution in [0.2, 0.25) is 0 Å². The standard InChI is InChI=1S/C8H18N2O2S/c1-4-8(2)5-6-10(7-8)13(11,12)9-3/h9H,4-7H2,1-3H3. The summed E-state index contributed by atoms with van der Waals surface area (Å²) in [5.41, 5.74) is 0.171. The summed E-state index contributed by atoms with van der Waals surface area (Å²) in [5, 5.41) is 0. The van der Waals surface area contributed by atoms with Gasteiger partial charge in [0, 0.05) is 20.1 Å². The van der Waals surface area contributed by atoms with Gasteiger partial charge in [-0.15, -0.1) is 0 Å². The van der Waals surface area contributed by atoms with E-state index in [0.29, 0.717) is 13.1 Å². The molecular formula is C8H18N2O2S. The van der Waals surface area contributed by atoms with Gasteiger partial charge in [0.1, 0.15) is 0 Å². The van der Waals surface area contributed by atoms with E-state index in [2.05, 4.69) is 18.6 Å². The average molecular weight is 206 g/mol. The van der Waals surface area contributed by atoms with Gasteiger partial charge in [-0.1, -0.05) is 13.8 Å². The zero-order valence-corrected chi connectivity index (χ0v) is 9.32. The van der Waals surface area contributed by atoms with E-state index in [9.17, 15) is 8.42 Å². The predicted octanol–water partition coefficient (Wildman–Crippen LogP) is 0.573. The fourth-order valence-corrected chi connectivity index (χ4v) is 2.67. The first-order valence-corrected chi connectivity index (χ1v) is 6.06. The maximum absolute atomic E-state index is 11.4. The molecule has 0 amide bonds. The Kier molecular flexibility index (Phi) is 2.99. The number of nitrogens with one attached hydrogen (secondary N) is 1. The van der Waals surface area contributed by atoms with Crippen molar-refractivity contribution in [3.05, 3.63) is 0 Å². The van der Waals surface area contributed by atoms with Gasteiger partial charge < -0.3 is 0 Å². The van der Waals surface area contributed by atoms with E-state index in [1.54, 1.807) is 0 Å². The molecule has 5 heteroatoms. The molecule has 1 aliphatic rings. The van der Waals surface area contributed by atoms with Crippen LogP contribution in [0.4, 0.5) is 0 Å². The Morgan fingerprint density at radius 1 is 1.54 bits per heavy atom. The van der Waals surface area contributed by atoms with E-state index in [-0.39, 0.29) is 5.41 Å². The number of hydrogen-bond acceptors (Lipinski definition) is 2. The molecule has 0 radical (unpaired) electrons. The average Bonchev–Trinajstić information content (AvgIpc) is 2.50. The molecule has 0 aliphatic carbocycles. The van der Waals surface area contributed by atoms with Gasteiger partial charge >= 0.3 is 0 Å². The Bertz CT molecular complexity index is 276. The predicted molar refractivity (Wildman–Crippen MR) is 52.6 cm³/mol. The van der Waals surface area contributed by atoms with Crippen LogP contribution in [0.3, 0.4) is 0 Å². The smallest absolute Gasteiger partial charge is 0.205 e. The van der Waals surface area contributed by atoms with Gasteiger partial charge in [-0.2, -0.15) is 12.7 Å². The van der Waals surface area contributed by atoms with E-state index in [4.69, 9.17) is 0 Å². The summed E-state index contributed by atoms with van der Waals surface area (Å²) in [6, 6.07) is 0. The fraction of sp³-hybridized carbons (Fsp3) is 1.00. The lowest BCUT2D eigenvalue weighted by atomic mass is 9.87. The minimum absolute atomic E-state index is 0.171. The molecular weight excluding hydrogens is 188 g/mol. The van der Waals surface area contributed by atoms with Crippen LogP contribution >= 0.6 is 0 Å². The van der Waals surface area contributed by atoms with Gasteiger partial charge in [0.15, 0.2) is 0 Å². The largest absolute Gasteiger partial charge is 0.279 e. The van der Waals surface area contributed by atoms with Gasteiger partial charge in [-0.25, -0.2) is 4.72 Å². The van der Waals surface area contributed by atoms with Crippen LogP contribution in [-0.2, 0) is 10.2 Å². The molecule has 0 bridgehead atoms. The third-order valence-corrected chi connectivity index (χ3v) is 4.48. The lowest BCUT2D eigenvalue weighted by Gasteiger charge is -2.22. The molecule has 1 rings (SSSR count). The van der Waals surface area contributed by atoms with Crippen molar-refractivity contribution in [2.75, 3.05) is 20.1 Å². The molecule has 0 spiro atoms. The first-order chi connectivity index (χ1) is 5.93.